The standard InChI is InChI=1S/C19H16BrN5O/c1-12(26)23-16-5-13(14-9-22-24(2)10-14)6-17(8-16)25-11-21-18-7-15(20)3-4-19(18)25/h3-11H,1-2H3,(H,23,26). The summed E-state index contributed by atoms with van der Waals surface area (Å²) in [4.78, 5) is 16.0. The highest BCUT2D eigenvalue weighted by Crippen LogP contribution is 2.29. The van der Waals surface area contributed by atoms with Crippen molar-refractivity contribution < 1.29 is 4.79 Å². The number of benzene rings is 2. The van der Waals surface area contributed by atoms with Crippen molar-refractivity contribution in [1.29, 1.82) is 0 Å². The number of rotatable bonds is 3. The van der Waals surface area contributed by atoms with E-state index >= 15 is 0 Å². The van der Waals surface area contributed by atoms with Crippen LogP contribution in [-0.4, -0.2) is 25.2 Å². The molecule has 2 aromatic carbocycles. The van der Waals surface area contributed by atoms with Gasteiger partial charge < -0.3 is 5.32 Å². The number of hydrogen-bond acceptors (Lipinski definition) is 3. The van der Waals surface area contributed by atoms with Gasteiger partial charge in [0.1, 0.15) is 6.33 Å². The molecule has 0 atom stereocenters. The molecule has 1 amide bonds. The lowest BCUT2D eigenvalue weighted by Gasteiger charge is -2.11. The Balaban J connectivity index is 1.90. The highest BCUT2D eigenvalue weighted by atomic mass is 79.9. The Labute approximate surface area is 158 Å². The van der Waals surface area contributed by atoms with Gasteiger partial charge in [0.05, 0.1) is 17.2 Å². The van der Waals surface area contributed by atoms with Gasteiger partial charge in [-0.1, -0.05) is 15.9 Å². The molecule has 0 aliphatic heterocycles. The number of carbonyl (C=O) groups excluding carboxylic acids is 1. The average molecular weight is 410 g/mol. The number of anilines is 1. The van der Waals surface area contributed by atoms with Gasteiger partial charge in [-0.15, -0.1) is 0 Å². The van der Waals surface area contributed by atoms with Gasteiger partial charge in [0, 0.05) is 41.6 Å². The molecule has 0 bridgehead atoms. The SMILES string of the molecule is CC(=O)Nc1cc(-c2cnn(C)c2)cc(-n2cnc3cc(Br)ccc32)c1. The molecule has 0 aliphatic rings. The number of fused-ring (bicyclic) bond motifs is 1. The van der Waals surface area contributed by atoms with E-state index in [4.69, 9.17) is 0 Å². The maximum atomic E-state index is 11.6. The lowest BCUT2D eigenvalue weighted by atomic mass is 10.1. The van der Waals surface area contributed by atoms with Crippen molar-refractivity contribution in [2.75, 3.05) is 5.32 Å². The van der Waals surface area contributed by atoms with Crippen molar-refractivity contribution in [3.05, 3.63) is 59.6 Å². The summed E-state index contributed by atoms with van der Waals surface area (Å²) in [5.74, 6) is -0.112. The minimum atomic E-state index is -0.112. The second kappa shape index (κ2) is 6.42. The van der Waals surface area contributed by atoms with Crippen LogP contribution >= 0.6 is 15.9 Å². The predicted molar refractivity (Wildman–Crippen MR) is 105 cm³/mol. The van der Waals surface area contributed by atoms with Crippen LogP contribution in [0.4, 0.5) is 5.69 Å². The predicted octanol–water partition coefficient (Wildman–Crippen LogP) is 4.15. The largest absolute Gasteiger partial charge is 0.326 e. The van der Waals surface area contributed by atoms with E-state index in [2.05, 4.69) is 37.4 Å². The minimum absolute atomic E-state index is 0.112. The molecule has 130 valence electrons. The van der Waals surface area contributed by atoms with E-state index < -0.39 is 0 Å². The van der Waals surface area contributed by atoms with Gasteiger partial charge in [-0.3, -0.25) is 14.0 Å². The molecule has 0 fully saturated rings. The number of nitrogens with zero attached hydrogens (tertiary/aromatic N) is 4. The number of hydrogen-bond donors (Lipinski definition) is 1. The maximum Gasteiger partial charge on any atom is 0.221 e. The van der Waals surface area contributed by atoms with E-state index in [1.807, 2.05) is 48.1 Å². The first-order chi connectivity index (χ1) is 12.5. The summed E-state index contributed by atoms with van der Waals surface area (Å²) in [6.07, 6.45) is 5.54. The fraction of sp³-hybridized carbons (Fsp3) is 0.105. The second-order valence-electron chi connectivity index (χ2n) is 6.10. The van der Waals surface area contributed by atoms with E-state index in [9.17, 15) is 4.79 Å². The Morgan fingerprint density at radius 2 is 2.00 bits per heavy atom. The van der Waals surface area contributed by atoms with Gasteiger partial charge in [0.25, 0.3) is 0 Å². The topological polar surface area (TPSA) is 64.7 Å². The summed E-state index contributed by atoms with van der Waals surface area (Å²) in [6.45, 7) is 1.50. The monoisotopic (exact) mass is 409 g/mol. The van der Waals surface area contributed by atoms with Crippen LogP contribution in [0, 0.1) is 0 Å². The number of nitrogens with one attached hydrogen (secondary N) is 1. The molecular formula is C19H16BrN5O. The number of amides is 1. The van der Waals surface area contributed by atoms with Gasteiger partial charge in [-0.25, -0.2) is 4.98 Å². The zero-order valence-electron chi connectivity index (χ0n) is 14.3. The molecule has 0 saturated heterocycles. The Hall–Kier alpha value is -2.93. The van der Waals surface area contributed by atoms with Crippen LogP contribution in [0.3, 0.4) is 0 Å². The number of aromatic nitrogens is 4. The van der Waals surface area contributed by atoms with Gasteiger partial charge in [0.2, 0.25) is 5.91 Å². The molecule has 4 rings (SSSR count). The molecule has 0 saturated carbocycles. The maximum absolute atomic E-state index is 11.6. The van der Waals surface area contributed by atoms with Crippen molar-refractivity contribution in [3.63, 3.8) is 0 Å². The highest BCUT2D eigenvalue weighted by molar-refractivity contribution is 9.10. The van der Waals surface area contributed by atoms with E-state index in [1.54, 1.807) is 17.2 Å². The zero-order chi connectivity index (χ0) is 18.3. The summed E-state index contributed by atoms with van der Waals surface area (Å²) < 4.78 is 4.75. The molecule has 7 heteroatoms. The Bertz CT molecular complexity index is 1130. The first kappa shape index (κ1) is 16.5. The summed E-state index contributed by atoms with van der Waals surface area (Å²) in [5, 5.41) is 7.11. The third-order valence-corrected chi connectivity index (χ3v) is 4.56. The van der Waals surface area contributed by atoms with Gasteiger partial charge in [0.15, 0.2) is 0 Å². The van der Waals surface area contributed by atoms with Crippen molar-refractivity contribution in [1.82, 2.24) is 19.3 Å². The van der Waals surface area contributed by atoms with Gasteiger partial charge in [-0.2, -0.15) is 5.10 Å². The van der Waals surface area contributed by atoms with E-state index in [-0.39, 0.29) is 5.91 Å². The van der Waals surface area contributed by atoms with Crippen molar-refractivity contribution >= 4 is 38.6 Å². The zero-order valence-corrected chi connectivity index (χ0v) is 15.9. The Morgan fingerprint density at radius 1 is 1.15 bits per heavy atom. The Morgan fingerprint density at radius 3 is 2.73 bits per heavy atom. The minimum Gasteiger partial charge on any atom is -0.326 e. The molecule has 2 aromatic heterocycles. The van der Waals surface area contributed by atoms with Crippen LogP contribution in [0.1, 0.15) is 6.92 Å². The molecule has 0 unspecified atom stereocenters. The molecule has 0 aliphatic carbocycles. The van der Waals surface area contributed by atoms with Crippen molar-refractivity contribution in [2.45, 2.75) is 6.92 Å². The molecule has 0 spiro atoms. The molecule has 26 heavy (non-hydrogen) atoms. The average Bonchev–Trinajstić information content (AvgIpc) is 3.19. The van der Waals surface area contributed by atoms with Crippen LogP contribution in [0.2, 0.25) is 0 Å². The van der Waals surface area contributed by atoms with Crippen LogP contribution in [0.25, 0.3) is 27.8 Å². The Kier molecular flexibility index (Phi) is 4.08. The first-order valence-electron chi connectivity index (χ1n) is 8.04. The van der Waals surface area contributed by atoms with Gasteiger partial charge >= 0.3 is 0 Å². The van der Waals surface area contributed by atoms with Crippen molar-refractivity contribution in [2.24, 2.45) is 7.05 Å². The summed E-state index contributed by atoms with van der Waals surface area (Å²) in [6, 6.07) is 11.9. The summed E-state index contributed by atoms with van der Waals surface area (Å²) in [5.41, 5.74) is 5.48. The van der Waals surface area contributed by atoms with E-state index in [0.717, 1.165) is 38.0 Å². The van der Waals surface area contributed by atoms with Crippen molar-refractivity contribution in [3.8, 4) is 16.8 Å². The molecular weight excluding hydrogens is 394 g/mol. The molecule has 1 N–H and O–H groups in total. The normalized spacial score (nSPS) is 11.0. The molecule has 6 nitrogen and oxygen atoms in total. The van der Waals surface area contributed by atoms with Crippen LogP contribution in [0.5, 0.6) is 0 Å². The fourth-order valence-corrected chi connectivity index (χ4v) is 3.30. The van der Waals surface area contributed by atoms with Gasteiger partial charge in [-0.05, 0) is 42.0 Å². The molecule has 2 heterocycles. The number of imidazole rings is 1. The lowest BCUT2D eigenvalue weighted by molar-refractivity contribution is -0.114. The van der Waals surface area contributed by atoms with Crippen LogP contribution in [-0.2, 0) is 11.8 Å². The smallest absolute Gasteiger partial charge is 0.221 e. The quantitative estimate of drug-likeness (QED) is 0.552. The number of aryl methyl sites for hydroxylation is 1. The highest BCUT2D eigenvalue weighted by Gasteiger charge is 2.10. The third kappa shape index (κ3) is 3.13. The van der Waals surface area contributed by atoms with E-state index in [0.29, 0.717) is 0 Å². The lowest BCUT2D eigenvalue weighted by Crippen LogP contribution is -2.06. The first-order valence-corrected chi connectivity index (χ1v) is 8.83. The summed E-state index contributed by atoms with van der Waals surface area (Å²) in [7, 11) is 1.88. The van der Waals surface area contributed by atoms with Crippen LogP contribution in [0.15, 0.2) is 59.6 Å². The van der Waals surface area contributed by atoms with E-state index in [1.165, 1.54) is 6.92 Å². The third-order valence-electron chi connectivity index (χ3n) is 4.06. The van der Waals surface area contributed by atoms with Crippen LogP contribution < -0.4 is 5.32 Å². The molecule has 0 radical (unpaired) electrons. The molecule has 4 aromatic rings. The summed E-state index contributed by atoms with van der Waals surface area (Å²) >= 11 is 3.48. The fourth-order valence-electron chi connectivity index (χ4n) is 2.95. The number of carbonyl (C=O) groups is 1. The second-order valence-corrected chi connectivity index (χ2v) is 7.02. The number of halogens is 1.